The molecule has 0 radical (unpaired) electrons. The summed E-state index contributed by atoms with van der Waals surface area (Å²) >= 11 is 0. The van der Waals surface area contributed by atoms with Gasteiger partial charge in [0, 0.05) is 44.0 Å². The molecule has 29 heavy (non-hydrogen) atoms. The normalized spacial score (nSPS) is 15.6. The first-order valence-corrected chi connectivity index (χ1v) is 11.1. The van der Waals surface area contributed by atoms with Crippen molar-refractivity contribution in [1.82, 2.24) is 4.31 Å². The van der Waals surface area contributed by atoms with Gasteiger partial charge in [0.15, 0.2) is 0 Å². The molecular formula is C21H27N3O4S. The molecule has 7 nitrogen and oxygen atoms in total. The molecule has 0 spiro atoms. The number of benzene rings is 2. The van der Waals surface area contributed by atoms with E-state index < -0.39 is 14.9 Å². The standard InChI is InChI=1S/C21H27N3O4S/c1-14-15(2)17(4)21(18(5)16(14)3)29(27,28)23-12-10-22(11-13-23)19-6-8-20(9-7-19)24(25)26/h6-9H,10-13H2,1-5H3. The van der Waals surface area contributed by atoms with Crippen LogP contribution in [0.25, 0.3) is 0 Å². The van der Waals surface area contributed by atoms with Crippen LogP contribution < -0.4 is 4.90 Å². The molecule has 1 saturated heterocycles. The largest absolute Gasteiger partial charge is 0.369 e. The zero-order valence-corrected chi connectivity index (χ0v) is 18.3. The lowest BCUT2D eigenvalue weighted by Crippen LogP contribution is -2.49. The highest BCUT2D eigenvalue weighted by Crippen LogP contribution is 2.32. The molecule has 0 atom stereocenters. The number of piperazine rings is 1. The summed E-state index contributed by atoms with van der Waals surface area (Å²) in [4.78, 5) is 12.9. The predicted molar refractivity (Wildman–Crippen MR) is 114 cm³/mol. The molecule has 156 valence electrons. The highest BCUT2D eigenvalue weighted by Gasteiger charge is 2.32. The van der Waals surface area contributed by atoms with Crippen molar-refractivity contribution in [2.75, 3.05) is 31.1 Å². The molecule has 3 rings (SSSR count). The van der Waals surface area contributed by atoms with Crippen LogP contribution in [0.1, 0.15) is 27.8 Å². The van der Waals surface area contributed by atoms with Crippen molar-refractivity contribution < 1.29 is 13.3 Å². The Morgan fingerprint density at radius 1 is 0.793 bits per heavy atom. The molecule has 8 heteroatoms. The van der Waals surface area contributed by atoms with E-state index in [0.29, 0.717) is 31.1 Å². The maximum atomic E-state index is 13.4. The molecule has 0 aromatic heterocycles. The summed E-state index contributed by atoms with van der Waals surface area (Å²) in [5.74, 6) is 0. The average Bonchev–Trinajstić information content (AvgIpc) is 2.71. The van der Waals surface area contributed by atoms with Gasteiger partial charge >= 0.3 is 0 Å². The number of nitrogens with zero attached hydrogens (tertiary/aromatic N) is 3. The third kappa shape index (κ3) is 3.74. The van der Waals surface area contributed by atoms with Gasteiger partial charge in [0.1, 0.15) is 0 Å². The molecule has 1 heterocycles. The van der Waals surface area contributed by atoms with Gasteiger partial charge in [0.25, 0.3) is 5.69 Å². The van der Waals surface area contributed by atoms with E-state index in [1.807, 2.05) is 34.6 Å². The number of nitro groups is 1. The molecule has 1 fully saturated rings. The number of anilines is 1. The van der Waals surface area contributed by atoms with Crippen LogP contribution in [-0.2, 0) is 10.0 Å². The lowest BCUT2D eigenvalue weighted by molar-refractivity contribution is -0.384. The van der Waals surface area contributed by atoms with Crippen molar-refractivity contribution in [1.29, 1.82) is 0 Å². The molecule has 0 saturated carbocycles. The summed E-state index contributed by atoms with van der Waals surface area (Å²) in [5, 5.41) is 10.8. The number of hydrogen-bond donors (Lipinski definition) is 0. The molecule has 0 amide bonds. The molecule has 0 N–H and O–H groups in total. The Kier molecular flexibility index (Phi) is 5.69. The van der Waals surface area contributed by atoms with E-state index >= 15 is 0 Å². The molecule has 2 aromatic carbocycles. The first-order valence-electron chi connectivity index (χ1n) is 9.62. The monoisotopic (exact) mass is 417 g/mol. The van der Waals surface area contributed by atoms with Gasteiger partial charge in [-0.15, -0.1) is 0 Å². The Balaban J connectivity index is 1.83. The van der Waals surface area contributed by atoms with Crippen LogP contribution in [-0.4, -0.2) is 43.8 Å². The number of hydrogen-bond acceptors (Lipinski definition) is 5. The summed E-state index contributed by atoms with van der Waals surface area (Å²) in [6, 6.07) is 6.37. The molecular weight excluding hydrogens is 390 g/mol. The minimum Gasteiger partial charge on any atom is -0.369 e. The summed E-state index contributed by atoms with van der Waals surface area (Å²) in [6.07, 6.45) is 0. The van der Waals surface area contributed by atoms with Crippen LogP contribution >= 0.6 is 0 Å². The minimum absolute atomic E-state index is 0.0472. The second-order valence-electron chi connectivity index (χ2n) is 7.62. The van der Waals surface area contributed by atoms with Gasteiger partial charge in [0.05, 0.1) is 9.82 Å². The highest BCUT2D eigenvalue weighted by atomic mass is 32.2. The van der Waals surface area contributed by atoms with Gasteiger partial charge in [-0.3, -0.25) is 10.1 Å². The molecule has 0 bridgehead atoms. The lowest BCUT2D eigenvalue weighted by Gasteiger charge is -2.36. The second kappa shape index (κ2) is 7.76. The molecule has 1 aliphatic rings. The fourth-order valence-electron chi connectivity index (χ4n) is 3.95. The average molecular weight is 418 g/mol. The molecule has 1 aliphatic heterocycles. The minimum atomic E-state index is -3.59. The first kappa shape index (κ1) is 21.3. The topological polar surface area (TPSA) is 83.8 Å². The van der Waals surface area contributed by atoms with Crippen LogP contribution in [0.5, 0.6) is 0 Å². The Labute approximate surface area is 172 Å². The fourth-order valence-corrected chi connectivity index (χ4v) is 5.94. The van der Waals surface area contributed by atoms with Crippen molar-refractivity contribution in [2.45, 2.75) is 39.5 Å². The van der Waals surface area contributed by atoms with Crippen LogP contribution in [0.4, 0.5) is 11.4 Å². The van der Waals surface area contributed by atoms with Gasteiger partial charge < -0.3 is 4.90 Å². The van der Waals surface area contributed by atoms with E-state index in [4.69, 9.17) is 0 Å². The number of non-ortho nitro benzene ring substituents is 1. The van der Waals surface area contributed by atoms with Crippen LogP contribution in [0.3, 0.4) is 0 Å². The van der Waals surface area contributed by atoms with E-state index in [2.05, 4.69) is 4.90 Å². The van der Waals surface area contributed by atoms with E-state index in [1.165, 1.54) is 12.1 Å². The summed E-state index contributed by atoms with van der Waals surface area (Å²) in [7, 11) is -3.59. The van der Waals surface area contributed by atoms with Crippen molar-refractivity contribution >= 4 is 21.4 Å². The molecule has 0 aliphatic carbocycles. The quantitative estimate of drug-likeness (QED) is 0.560. The zero-order valence-electron chi connectivity index (χ0n) is 17.5. The van der Waals surface area contributed by atoms with Gasteiger partial charge in [-0.1, -0.05) is 0 Å². The maximum Gasteiger partial charge on any atom is 0.269 e. The van der Waals surface area contributed by atoms with E-state index in [0.717, 1.165) is 33.5 Å². The fraction of sp³-hybridized carbons (Fsp3) is 0.429. The van der Waals surface area contributed by atoms with E-state index in [1.54, 1.807) is 16.4 Å². The molecule has 0 unspecified atom stereocenters. The van der Waals surface area contributed by atoms with E-state index in [-0.39, 0.29) is 5.69 Å². The SMILES string of the molecule is Cc1c(C)c(C)c(S(=O)(=O)N2CCN(c3ccc([N+](=O)[O-])cc3)CC2)c(C)c1C. The van der Waals surface area contributed by atoms with Gasteiger partial charge in [-0.05, 0) is 74.6 Å². The van der Waals surface area contributed by atoms with Crippen molar-refractivity contribution in [3.63, 3.8) is 0 Å². The first-order chi connectivity index (χ1) is 13.6. The third-order valence-corrected chi connectivity index (χ3v) is 8.37. The second-order valence-corrected chi connectivity index (χ2v) is 9.49. The number of nitro benzene ring substituents is 1. The number of sulfonamides is 1. The molecule has 2 aromatic rings. The summed E-state index contributed by atoms with van der Waals surface area (Å²) in [6.45, 7) is 11.6. The Hall–Kier alpha value is -2.45. The van der Waals surface area contributed by atoms with Crippen molar-refractivity contribution in [2.24, 2.45) is 0 Å². The highest BCUT2D eigenvalue weighted by molar-refractivity contribution is 7.89. The summed E-state index contributed by atoms with van der Waals surface area (Å²) < 4.78 is 28.4. The lowest BCUT2D eigenvalue weighted by atomic mass is 9.95. The van der Waals surface area contributed by atoms with Gasteiger partial charge in [-0.2, -0.15) is 4.31 Å². The number of rotatable bonds is 4. The predicted octanol–water partition coefficient (Wildman–Crippen LogP) is 3.65. The third-order valence-electron chi connectivity index (χ3n) is 6.19. The maximum absolute atomic E-state index is 13.4. The van der Waals surface area contributed by atoms with Crippen LogP contribution in [0.2, 0.25) is 0 Å². The van der Waals surface area contributed by atoms with E-state index in [9.17, 15) is 18.5 Å². The Morgan fingerprint density at radius 3 is 1.69 bits per heavy atom. The summed E-state index contributed by atoms with van der Waals surface area (Å²) in [5.41, 5.74) is 5.74. The van der Waals surface area contributed by atoms with Gasteiger partial charge in [0.2, 0.25) is 10.0 Å². The van der Waals surface area contributed by atoms with Crippen molar-refractivity contribution in [3.05, 3.63) is 62.2 Å². The van der Waals surface area contributed by atoms with Crippen molar-refractivity contribution in [3.8, 4) is 0 Å². The zero-order chi connectivity index (χ0) is 21.5. The smallest absolute Gasteiger partial charge is 0.269 e. The Morgan fingerprint density at radius 2 is 1.24 bits per heavy atom. The van der Waals surface area contributed by atoms with Crippen LogP contribution in [0, 0.1) is 44.7 Å². The van der Waals surface area contributed by atoms with Gasteiger partial charge in [-0.25, -0.2) is 8.42 Å². The Bertz CT molecular complexity index is 1030. The van der Waals surface area contributed by atoms with Crippen LogP contribution in [0.15, 0.2) is 29.2 Å².